The van der Waals surface area contributed by atoms with E-state index in [0.29, 0.717) is 17.8 Å². The fraction of sp³-hybridized carbons (Fsp3) is 0.800. The van der Waals surface area contributed by atoms with Crippen molar-refractivity contribution in [1.82, 2.24) is 0 Å². The molecule has 0 aromatic carbocycles. The minimum absolute atomic E-state index is 0.167. The molecule has 122 valence electrons. The second-order valence-corrected chi connectivity index (χ2v) is 8.34. The topological polar surface area (TPSA) is 61.8 Å². The van der Waals surface area contributed by atoms with Crippen LogP contribution in [0.4, 0.5) is 0 Å². The number of hydrogen-bond donors (Lipinski definition) is 0. The lowest BCUT2D eigenvalue weighted by atomic mass is 9.75. The molecule has 0 N–H and O–H groups in total. The molecule has 1 fully saturated rings. The monoisotopic (exact) mass is 318 g/mol. The third-order valence-electron chi connectivity index (χ3n) is 4.27. The molecular weight excluding hydrogens is 291 g/mol. The Labute approximate surface area is 127 Å². The standard InChI is InChI=1S/C15H27O5P/c1-10(2)13-8-7-11(3)9-14(13)20-15(16)12(4)21(17,18-5)19-6/h10-11,13-14H,4,7-9H2,1-3,5-6H3/t11-,13+,14-/m1/s1. The molecule has 1 saturated carbocycles. The van der Waals surface area contributed by atoms with Gasteiger partial charge in [0, 0.05) is 14.2 Å². The summed E-state index contributed by atoms with van der Waals surface area (Å²) in [7, 11) is -1.17. The van der Waals surface area contributed by atoms with Crippen molar-refractivity contribution in [2.45, 2.75) is 46.1 Å². The maximum absolute atomic E-state index is 12.2. The summed E-state index contributed by atoms with van der Waals surface area (Å²) in [5, 5.41) is -0.242. The van der Waals surface area contributed by atoms with Crippen LogP contribution in [0.2, 0.25) is 0 Å². The van der Waals surface area contributed by atoms with Crippen LogP contribution in [0.5, 0.6) is 0 Å². The Hall–Kier alpha value is -0.640. The molecule has 0 amide bonds. The highest BCUT2D eigenvalue weighted by Crippen LogP contribution is 2.54. The first-order valence-electron chi connectivity index (χ1n) is 7.37. The third-order valence-corrected chi connectivity index (χ3v) is 6.07. The first kappa shape index (κ1) is 18.4. The minimum Gasteiger partial charge on any atom is -0.458 e. The summed E-state index contributed by atoms with van der Waals surface area (Å²) < 4.78 is 27.3. The van der Waals surface area contributed by atoms with Gasteiger partial charge in [-0.1, -0.05) is 33.8 Å². The van der Waals surface area contributed by atoms with Crippen molar-refractivity contribution in [1.29, 1.82) is 0 Å². The Morgan fingerprint density at radius 3 is 2.29 bits per heavy atom. The second-order valence-electron chi connectivity index (χ2n) is 6.08. The largest absolute Gasteiger partial charge is 0.458 e. The van der Waals surface area contributed by atoms with Crippen LogP contribution in [0.15, 0.2) is 11.9 Å². The average molecular weight is 318 g/mol. The highest BCUT2D eigenvalue weighted by molar-refractivity contribution is 7.59. The molecule has 1 rings (SSSR count). The van der Waals surface area contributed by atoms with Gasteiger partial charge in [0.25, 0.3) is 0 Å². The fourth-order valence-electron chi connectivity index (χ4n) is 2.86. The van der Waals surface area contributed by atoms with Gasteiger partial charge in [-0.3, -0.25) is 4.57 Å². The summed E-state index contributed by atoms with van der Waals surface area (Å²) in [5.41, 5.74) is 0. The summed E-state index contributed by atoms with van der Waals surface area (Å²) >= 11 is 0. The molecule has 0 aliphatic heterocycles. The zero-order chi connectivity index (χ0) is 16.2. The molecule has 3 atom stereocenters. The molecular formula is C15H27O5P. The molecule has 0 radical (unpaired) electrons. The number of ether oxygens (including phenoxy) is 1. The lowest BCUT2D eigenvalue weighted by Crippen LogP contribution is -2.36. The summed E-state index contributed by atoms with van der Waals surface area (Å²) in [5.74, 6) is 0.581. The SMILES string of the molecule is C=C(C(=O)O[C@@H]1C[C@H](C)CC[C@H]1C(C)C)P(=O)(OC)OC. The van der Waals surface area contributed by atoms with Gasteiger partial charge in [-0.05, 0) is 30.6 Å². The van der Waals surface area contributed by atoms with E-state index in [1.54, 1.807) is 0 Å². The van der Waals surface area contributed by atoms with Gasteiger partial charge in [0.1, 0.15) is 11.4 Å². The van der Waals surface area contributed by atoms with Crippen LogP contribution in [-0.4, -0.2) is 26.3 Å². The van der Waals surface area contributed by atoms with Crippen molar-refractivity contribution in [3.63, 3.8) is 0 Å². The van der Waals surface area contributed by atoms with Crippen LogP contribution in [0.25, 0.3) is 0 Å². The van der Waals surface area contributed by atoms with E-state index >= 15 is 0 Å². The molecule has 0 unspecified atom stereocenters. The molecule has 0 bridgehead atoms. The summed E-state index contributed by atoms with van der Waals surface area (Å²) in [4.78, 5) is 12.2. The molecule has 0 aromatic rings. The summed E-state index contributed by atoms with van der Waals surface area (Å²) in [6.45, 7) is 9.95. The molecule has 0 spiro atoms. The maximum atomic E-state index is 12.2. The number of hydrogen-bond acceptors (Lipinski definition) is 5. The van der Waals surface area contributed by atoms with E-state index in [1.807, 2.05) is 0 Å². The van der Waals surface area contributed by atoms with Crippen molar-refractivity contribution in [2.75, 3.05) is 14.2 Å². The third kappa shape index (κ3) is 4.41. The van der Waals surface area contributed by atoms with E-state index < -0.39 is 13.6 Å². The van der Waals surface area contributed by atoms with Crippen molar-refractivity contribution >= 4 is 13.6 Å². The Bertz CT molecular complexity index is 424. The van der Waals surface area contributed by atoms with Crippen molar-refractivity contribution < 1.29 is 23.1 Å². The van der Waals surface area contributed by atoms with Gasteiger partial charge in [0.2, 0.25) is 0 Å². The molecule has 1 aliphatic rings. The molecule has 0 saturated heterocycles. The first-order chi connectivity index (χ1) is 9.75. The van der Waals surface area contributed by atoms with Gasteiger partial charge < -0.3 is 13.8 Å². The van der Waals surface area contributed by atoms with Gasteiger partial charge in [-0.25, -0.2) is 4.79 Å². The van der Waals surface area contributed by atoms with Crippen LogP contribution in [0, 0.1) is 17.8 Å². The predicted molar refractivity (Wildman–Crippen MR) is 82.0 cm³/mol. The van der Waals surface area contributed by atoms with Gasteiger partial charge in [-0.2, -0.15) is 0 Å². The lowest BCUT2D eigenvalue weighted by Gasteiger charge is -2.36. The Morgan fingerprint density at radius 2 is 1.81 bits per heavy atom. The van der Waals surface area contributed by atoms with Crippen molar-refractivity contribution in [2.24, 2.45) is 17.8 Å². The van der Waals surface area contributed by atoms with Crippen LogP contribution in [0.3, 0.4) is 0 Å². The van der Waals surface area contributed by atoms with E-state index in [0.717, 1.165) is 19.3 Å². The highest BCUT2D eigenvalue weighted by atomic mass is 31.2. The first-order valence-corrected chi connectivity index (χ1v) is 8.91. The predicted octanol–water partition coefficient (Wildman–Crippen LogP) is 3.99. The fourth-order valence-corrected chi connectivity index (χ4v) is 3.73. The number of carbonyl (C=O) groups excluding carboxylic acids is 1. The molecule has 0 aromatic heterocycles. The van der Waals surface area contributed by atoms with Gasteiger partial charge in [0.05, 0.1) is 0 Å². The number of esters is 1. The van der Waals surface area contributed by atoms with Crippen LogP contribution in [0.1, 0.15) is 40.0 Å². The summed E-state index contributed by atoms with van der Waals surface area (Å²) in [6.07, 6.45) is 2.84. The van der Waals surface area contributed by atoms with Crippen LogP contribution < -0.4 is 0 Å². The van der Waals surface area contributed by atoms with Crippen molar-refractivity contribution in [3.05, 3.63) is 11.9 Å². The maximum Gasteiger partial charge on any atom is 0.367 e. The molecule has 21 heavy (non-hydrogen) atoms. The van der Waals surface area contributed by atoms with Crippen LogP contribution in [-0.2, 0) is 23.1 Å². The zero-order valence-electron chi connectivity index (χ0n) is 13.6. The quantitative estimate of drug-likeness (QED) is 0.421. The smallest absolute Gasteiger partial charge is 0.367 e. The summed E-state index contributed by atoms with van der Waals surface area (Å²) in [6, 6.07) is 0. The average Bonchev–Trinajstić information content (AvgIpc) is 2.45. The Morgan fingerprint density at radius 1 is 1.24 bits per heavy atom. The molecule has 1 aliphatic carbocycles. The molecule has 6 heteroatoms. The zero-order valence-corrected chi connectivity index (χ0v) is 14.5. The normalized spacial score (nSPS) is 26.7. The van der Waals surface area contributed by atoms with Gasteiger partial charge in [0.15, 0.2) is 0 Å². The van der Waals surface area contributed by atoms with E-state index in [9.17, 15) is 9.36 Å². The van der Waals surface area contributed by atoms with Gasteiger partial charge in [-0.15, -0.1) is 0 Å². The lowest BCUT2D eigenvalue weighted by molar-refractivity contribution is -0.150. The Kier molecular flexibility index (Phi) is 6.64. The number of rotatable bonds is 6. The van der Waals surface area contributed by atoms with Crippen LogP contribution >= 0.6 is 7.60 Å². The van der Waals surface area contributed by atoms with E-state index in [-0.39, 0.29) is 11.4 Å². The van der Waals surface area contributed by atoms with E-state index in [2.05, 4.69) is 27.4 Å². The van der Waals surface area contributed by atoms with Gasteiger partial charge >= 0.3 is 13.6 Å². The Balaban J connectivity index is 2.79. The number of carbonyl (C=O) groups is 1. The highest BCUT2D eigenvalue weighted by Gasteiger charge is 2.38. The minimum atomic E-state index is -3.62. The van der Waals surface area contributed by atoms with Crippen molar-refractivity contribution in [3.8, 4) is 0 Å². The van der Waals surface area contributed by atoms with E-state index in [4.69, 9.17) is 13.8 Å². The van der Waals surface area contributed by atoms with E-state index in [1.165, 1.54) is 14.2 Å². The second kappa shape index (κ2) is 7.57. The molecule has 0 heterocycles. The molecule has 5 nitrogen and oxygen atoms in total.